The van der Waals surface area contributed by atoms with Gasteiger partial charge in [0.05, 0.1) is 11.7 Å². The summed E-state index contributed by atoms with van der Waals surface area (Å²) in [7, 11) is 0. The molecule has 0 aliphatic rings. The van der Waals surface area contributed by atoms with Crippen LogP contribution in [0.2, 0.25) is 0 Å². The molecule has 0 fully saturated rings. The summed E-state index contributed by atoms with van der Waals surface area (Å²) in [6.07, 6.45) is 1.87. The van der Waals surface area contributed by atoms with Gasteiger partial charge in [-0.1, -0.05) is 31.5 Å². The van der Waals surface area contributed by atoms with Crippen molar-refractivity contribution in [1.29, 1.82) is 0 Å². The van der Waals surface area contributed by atoms with E-state index in [0.717, 1.165) is 22.1 Å². The zero-order valence-electron chi connectivity index (χ0n) is 12.1. The molecule has 0 amide bonds. The van der Waals surface area contributed by atoms with Crippen LogP contribution in [0.3, 0.4) is 0 Å². The summed E-state index contributed by atoms with van der Waals surface area (Å²) in [5.74, 6) is 0.843. The number of aliphatic hydroxyl groups is 1. The molecule has 0 spiro atoms. The SMILES string of the molecule is CCCCSCC(O)c1ccc2cc(C(=O)O)ccc2c1. The Bertz CT molecular complexity index is 624. The van der Waals surface area contributed by atoms with E-state index in [4.69, 9.17) is 5.11 Å². The van der Waals surface area contributed by atoms with Crippen molar-refractivity contribution in [2.24, 2.45) is 0 Å². The van der Waals surface area contributed by atoms with Gasteiger partial charge in [0.2, 0.25) is 0 Å². The van der Waals surface area contributed by atoms with Crippen LogP contribution in [0, 0.1) is 0 Å². The van der Waals surface area contributed by atoms with Crippen molar-refractivity contribution in [3.05, 3.63) is 47.5 Å². The van der Waals surface area contributed by atoms with Gasteiger partial charge in [0.1, 0.15) is 0 Å². The summed E-state index contributed by atoms with van der Waals surface area (Å²) in [4.78, 5) is 10.9. The van der Waals surface area contributed by atoms with Crippen molar-refractivity contribution >= 4 is 28.5 Å². The van der Waals surface area contributed by atoms with Gasteiger partial charge >= 0.3 is 5.97 Å². The van der Waals surface area contributed by atoms with Crippen LogP contribution in [-0.2, 0) is 0 Å². The number of rotatable bonds is 7. The summed E-state index contributed by atoms with van der Waals surface area (Å²) in [6, 6.07) is 10.7. The van der Waals surface area contributed by atoms with Crippen molar-refractivity contribution in [2.75, 3.05) is 11.5 Å². The number of unbranched alkanes of at least 4 members (excludes halogenated alkanes) is 1. The highest BCUT2D eigenvalue weighted by Gasteiger charge is 2.09. The summed E-state index contributed by atoms with van der Waals surface area (Å²) in [5.41, 5.74) is 1.17. The number of carboxylic acids is 1. The predicted octanol–water partition coefficient (Wildman–Crippen LogP) is 4.10. The van der Waals surface area contributed by atoms with Crippen LogP contribution in [0.4, 0.5) is 0 Å². The fourth-order valence-corrected chi connectivity index (χ4v) is 3.22. The third-order valence-electron chi connectivity index (χ3n) is 3.41. The number of thioether (sulfide) groups is 1. The molecule has 1 unspecified atom stereocenters. The Morgan fingerprint density at radius 3 is 2.62 bits per heavy atom. The smallest absolute Gasteiger partial charge is 0.335 e. The number of aliphatic hydroxyl groups excluding tert-OH is 1. The molecule has 21 heavy (non-hydrogen) atoms. The van der Waals surface area contributed by atoms with Crippen molar-refractivity contribution in [2.45, 2.75) is 25.9 Å². The van der Waals surface area contributed by atoms with Crippen molar-refractivity contribution in [1.82, 2.24) is 0 Å². The molecular formula is C17H20O3S. The summed E-state index contributed by atoms with van der Waals surface area (Å²) < 4.78 is 0. The van der Waals surface area contributed by atoms with Crippen LogP contribution in [0.15, 0.2) is 36.4 Å². The highest BCUT2D eigenvalue weighted by atomic mass is 32.2. The van der Waals surface area contributed by atoms with Gasteiger partial charge < -0.3 is 10.2 Å². The lowest BCUT2D eigenvalue weighted by molar-refractivity contribution is 0.0697. The Kier molecular flexibility index (Phi) is 5.65. The molecule has 0 saturated heterocycles. The van der Waals surface area contributed by atoms with Crippen LogP contribution in [-0.4, -0.2) is 27.7 Å². The maximum absolute atomic E-state index is 10.9. The number of hydrogen-bond acceptors (Lipinski definition) is 3. The third kappa shape index (κ3) is 4.22. The molecule has 0 radical (unpaired) electrons. The molecule has 2 aromatic carbocycles. The monoisotopic (exact) mass is 304 g/mol. The largest absolute Gasteiger partial charge is 0.478 e. The third-order valence-corrected chi connectivity index (χ3v) is 4.54. The van der Waals surface area contributed by atoms with Crippen LogP contribution in [0.25, 0.3) is 10.8 Å². The van der Waals surface area contributed by atoms with E-state index in [0.29, 0.717) is 5.75 Å². The standard InChI is InChI=1S/C17H20O3S/c1-2-3-8-21-11-16(18)14-6-4-13-10-15(17(19)20)7-5-12(13)9-14/h4-7,9-10,16,18H,2-3,8,11H2,1H3,(H,19,20). The first-order valence-corrected chi connectivity index (χ1v) is 8.30. The molecule has 0 saturated carbocycles. The first-order valence-electron chi connectivity index (χ1n) is 7.14. The van der Waals surface area contributed by atoms with E-state index in [2.05, 4.69) is 6.92 Å². The number of aromatic carboxylic acids is 1. The Morgan fingerprint density at radius 1 is 1.19 bits per heavy atom. The minimum Gasteiger partial charge on any atom is -0.478 e. The van der Waals surface area contributed by atoms with E-state index in [1.165, 1.54) is 12.8 Å². The van der Waals surface area contributed by atoms with Gasteiger partial charge in [-0.15, -0.1) is 0 Å². The lowest BCUT2D eigenvalue weighted by Crippen LogP contribution is -2.01. The summed E-state index contributed by atoms with van der Waals surface area (Å²) in [5, 5.41) is 21.0. The van der Waals surface area contributed by atoms with Crippen molar-refractivity contribution in [3.63, 3.8) is 0 Å². The second-order valence-corrected chi connectivity index (χ2v) is 6.22. The van der Waals surface area contributed by atoms with Crippen LogP contribution in [0.5, 0.6) is 0 Å². The van der Waals surface area contributed by atoms with Crippen LogP contribution in [0.1, 0.15) is 41.8 Å². The molecule has 112 valence electrons. The molecule has 2 N–H and O–H groups in total. The number of carbonyl (C=O) groups is 1. The average molecular weight is 304 g/mol. The van der Waals surface area contributed by atoms with E-state index in [9.17, 15) is 9.90 Å². The second-order valence-electron chi connectivity index (χ2n) is 5.07. The Labute approximate surface area is 129 Å². The number of carboxylic acid groups (broad SMARTS) is 1. The molecule has 0 aromatic heterocycles. The van der Waals surface area contributed by atoms with Gasteiger partial charge in [0.15, 0.2) is 0 Å². The van der Waals surface area contributed by atoms with E-state index < -0.39 is 12.1 Å². The maximum Gasteiger partial charge on any atom is 0.335 e. The highest BCUT2D eigenvalue weighted by Crippen LogP contribution is 2.24. The topological polar surface area (TPSA) is 57.5 Å². The summed E-state index contributed by atoms with van der Waals surface area (Å²) in [6.45, 7) is 2.16. The molecule has 2 rings (SSSR count). The minimum atomic E-state index is -0.923. The number of hydrogen-bond donors (Lipinski definition) is 2. The van der Waals surface area contributed by atoms with Gasteiger partial charge in [-0.05, 0) is 46.7 Å². The van der Waals surface area contributed by atoms with E-state index in [-0.39, 0.29) is 5.56 Å². The Morgan fingerprint density at radius 2 is 1.90 bits per heavy atom. The molecule has 0 aliphatic carbocycles. The predicted molar refractivity (Wildman–Crippen MR) is 88.1 cm³/mol. The maximum atomic E-state index is 10.9. The minimum absolute atomic E-state index is 0.283. The lowest BCUT2D eigenvalue weighted by Gasteiger charge is -2.12. The number of benzene rings is 2. The van der Waals surface area contributed by atoms with E-state index >= 15 is 0 Å². The first-order chi connectivity index (χ1) is 10.1. The molecule has 0 heterocycles. The van der Waals surface area contributed by atoms with Gasteiger partial charge in [-0.3, -0.25) is 0 Å². The van der Waals surface area contributed by atoms with Crippen molar-refractivity contribution < 1.29 is 15.0 Å². The number of fused-ring (bicyclic) bond motifs is 1. The zero-order valence-corrected chi connectivity index (χ0v) is 12.9. The fraction of sp³-hybridized carbons (Fsp3) is 0.353. The summed E-state index contributed by atoms with van der Waals surface area (Å²) >= 11 is 1.76. The first kappa shape index (κ1) is 15.9. The zero-order chi connectivity index (χ0) is 15.2. The quantitative estimate of drug-likeness (QED) is 0.756. The normalized spacial score (nSPS) is 12.5. The Hall–Kier alpha value is -1.52. The molecule has 1 atom stereocenters. The van der Waals surface area contributed by atoms with Crippen LogP contribution >= 0.6 is 11.8 Å². The fourth-order valence-electron chi connectivity index (χ4n) is 2.14. The lowest BCUT2D eigenvalue weighted by atomic mass is 10.0. The molecular weight excluding hydrogens is 284 g/mol. The highest BCUT2D eigenvalue weighted by molar-refractivity contribution is 7.99. The average Bonchev–Trinajstić information content (AvgIpc) is 2.50. The van der Waals surface area contributed by atoms with Gasteiger partial charge in [0, 0.05) is 5.75 Å². The molecule has 2 aromatic rings. The molecule has 0 aliphatic heterocycles. The molecule has 4 heteroatoms. The second kappa shape index (κ2) is 7.48. The van der Waals surface area contributed by atoms with Gasteiger partial charge in [-0.25, -0.2) is 4.79 Å². The van der Waals surface area contributed by atoms with Gasteiger partial charge in [0.25, 0.3) is 0 Å². The van der Waals surface area contributed by atoms with E-state index in [1.807, 2.05) is 18.2 Å². The Balaban J connectivity index is 2.11. The van der Waals surface area contributed by atoms with E-state index in [1.54, 1.807) is 30.0 Å². The molecule has 0 bridgehead atoms. The van der Waals surface area contributed by atoms with Crippen LogP contribution < -0.4 is 0 Å². The van der Waals surface area contributed by atoms with Gasteiger partial charge in [-0.2, -0.15) is 11.8 Å². The van der Waals surface area contributed by atoms with Crippen molar-refractivity contribution in [3.8, 4) is 0 Å². The molecule has 3 nitrogen and oxygen atoms in total.